The van der Waals surface area contributed by atoms with Gasteiger partial charge in [-0.1, -0.05) is 0 Å². The zero-order chi connectivity index (χ0) is 5.11. The van der Waals surface area contributed by atoms with E-state index in [0.717, 1.165) is 13.2 Å². The third-order valence-electron chi connectivity index (χ3n) is 0.859. The highest BCUT2D eigenvalue weighted by atomic mass is 16.5. The summed E-state index contributed by atoms with van der Waals surface area (Å²) in [6, 6.07) is 0. The van der Waals surface area contributed by atoms with Crippen LogP contribution in [-0.4, -0.2) is 20.3 Å². The monoisotopic (exact) mass is 100 g/mol. The van der Waals surface area contributed by atoms with E-state index >= 15 is 0 Å². The molecule has 1 fully saturated rings. The number of hydrogen-bond donors (Lipinski definition) is 0. The highest BCUT2D eigenvalue weighted by Gasteiger charge is 2.07. The van der Waals surface area contributed by atoms with Gasteiger partial charge in [-0.05, 0) is 0 Å². The SMILES string of the molecule is COC=C1COC1. The van der Waals surface area contributed by atoms with E-state index in [2.05, 4.69) is 0 Å². The van der Waals surface area contributed by atoms with Gasteiger partial charge >= 0.3 is 0 Å². The van der Waals surface area contributed by atoms with Crippen LogP contribution >= 0.6 is 0 Å². The average Bonchev–Trinajstić information content (AvgIpc) is 1.55. The zero-order valence-electron chi connectivity index (χ0n) is 4.31. The van der Waals surface area contributed by atoms with Crippen molar-refractivity contribution in [3.8, 4) is 0 Å². The van der Waals surface area contributed by atoms with E-state index in [1.165, 1.54) is 5.57 Å². The van der Waals surface area contributed by atoms with E-state index in [1.807, 2.05) is 0 Å². The minimum atomic E-state index is 0.758. The maximum atomic E-state index is 4.84. The molecular formula is C5H8O2. The summed E-state index contributed by atoms with van der Waals surface area (Å²) >= 11 is 0. The third kappa shape index (κ3) is 0.933. The van der Waals surface area contributed by atoms with Crippen LogP contribution in [0.2, 0.25) is 0 Å². The van der Waals surface area contributed by atoms with E-state index in [0.29, 0.717) is 0 Å². The maximum Gasteiger partial charge on any atom is 0.0862 e. The second-order valence-corrected chi connectivity index (χ2v) is 1.50. The Morgan fingerprint density at radius 1 is 1.71 bits per heavy atom. The Morgan fingerprint density at radius 2 is 2.43 bits per heavy atom. The van der Waals surface area contributed by atoms with Crippen molar-refractivity contribution >= 4 is 0 Å². The van der Waals surface area contributed by atoms with Crippen LogP contribution in [0.3, 0.4) is 0 Å². The Hall–Kier alpha value is -0.500. The molecule has 0 unspecified atom stereocenters. The Balaban J connectivity index is 2.23. The van der Waals surface area contributed by atoms with E-state index in [9.17, 15) is 0 Å². The molecule has 1 rings (SSSR count). The summed E-state index contributed by atoms with van der Waals surface area (Å²) in [6.07, 6.45) is 1.73. The molecule has 0 radical (unpaired) electrons. The first-order valence-corrected chi connectivity index (χ1v) is 2.22. The molecule has 1 heterocycles. The van der Waals surface area contributed by atoms with Crippen molar-refractivity contribution in [1.82, 2.24) is 0 Å². The van der Waals surface area contributed by atoms with Crippen molar-refractivity contribution in [2.24, 2.45) is 0 Å². The first-order chi connectivity index (χ1) is 3.43. The summed E-state index contributed by atoms with van der Waals surface area (Å²) in [6.45, 7) is 1.52. The molecule has 0 aromatic heterocycles. The predicted octanol–water partition coefficient (Wildman–Crippen LogP) is 0.547. The lowest BCUT2D eigenvalue weighted by atomic mass is 10.3. The van der Waals surface area contributed by atoms with Gasteiger partial charge in [-0.15, -0.1) is 0 Å². The Labute approximate surface area is 42.7 Å². The maximum absolute atomic E-state index is 4.84. The van der Waals surface area contributed by atoms with Crippen LogP contribution in [0, 0.1) is 0 Å². The van der Waals surface area contributed by atoms with Crippen molar-refractivity contribution < 1.29 is 9.47 Å². The molecule has 2 heteroatoms. The first-order valence-electron chi connectivity index (χ1n) is 2.22. The van der Waals surface area contributed by atoms with Gasteiger partial charge in [-0.2, -0.15) is 0 Å². The molecule has 7 heavy (non-hydrogen) atoms. The van der Waals surface area contributed by atoms with Gasteiger partial charge in [0.15, 0.2) is 0 Å². The molecule has 1 aliphatic heterocycles. The molecule has 0 N–H and O–H groups in total. The fraction of sp³-hybridized carbons (Fsp3) is 0.600. The molecule has 0 spiro atoms. The number of hydrogen-bond acceptors (Lipinski definition) is 2. The Kier molecular flexibility index (Phi) is 1.32. The zero-order valence-corrected chi connectivity index (χ0v) is 4.31. The second-order valence-electron chi connectivity index (χ2n) is 1.50. The van der Waals surface area contributed by atoms with Crippen LogP contribution in [0.4, 0.5) is 0 Å². The number of methoxy groups -OCH3 is 1. The topological polar surface area (TPSA) is 18.5 Å². The van der Waals surface area contributed by atoms with Crippen LogP contribution in [-0.2, 0) is 9.47 Å². The Bertz CT molecular complexity index is 80.1. The summed E-state index contributed by atoms with van der Waals surface area (Å²) in [4.78, 5) is 0. The first kappa shape index (κ1) is 4.65. The summed E-state index contributed by atoms with van der Waals surface area (Å²) in [5.41, 5.74) is 1.24. The number of ether oxygens (including phenoxy) is 2. The van der Waals surface area contributed by atoms with Crippen molar-refractivity contribution in [3.05, 3.63) is 11.8 Å². The molecule has 0 aromatic carbocycles. The van der Waals surface area contributed by atoms with Gasteiger partial charge < -0.3 is 9.47 Å². The van der Waals surface area contributed by atoms with Crippen molar-refractivity contribution in [2.45, 2.75) is 0 Å². The molecule has 0 bridgehead atoms. The summed E-state index contributed by atoms with van der Waals surface area (Å²) < 4.78 is 9.54. The average molecular weight is 100 g/mol. The van der Waals surface area contributed by atoms with Gasteiger partial charge in [0.25, 0.3) is 0 Å². The predicted molar refractivity (Wildman–Crippen MR) is 25.9 cm³/mol. The molecule has 2 nitrogen and oxygen atoms in total. The fourth-order valence-electron chi connectivity index (χ4n) is 0.455. The smallest absolute Gasteiger partial charge is 0.0862 e. The van der Waals surface area contributed by atoms with Crippen LogP contribution in [0.15, 0.2) is 11.8 Å². The van der Waals surface area contributed by atoms with Crippen molar-refractivity contribution in [2.75, 3.05) is 20.3 Å². The molecular weight excluding hydrogens is 92.1 g/mol. The molecule has 0 saturated carbocycles. The van der Waals surface area contributed by atoms with E-state index < -0.39 is 0 Å². The van der Waals surface area contributed by atoms with Crippen LogP contribution in [0.5, 0.6) is 0 Å². The van der Waals surface area contributed by atoms with E-state index in [4.69, 9.17) is 9.47 Å². The minimum absolute atomic E-state index is 0.758. The Morgan fingerprint density at radius 3 is 2.57 bits per heavy atom. The molecule has 40 valence electrons. The van der Waals surface area contributed by atoms with Gasteiger partial charge in [-0.3, -0.25) is 0 Å². The lowest BCUT2D eigenvalue weighted by Crippen LogP contribution is -2.15. The molecule has 1 saturated heterocycles. The van der Waals surface area contributed by atoms with Gasteiger partial charge in [0.05, 0.1) is 26.6 Å². The van der Waals surface area contributed by atoms with Crippen molar-refractivity contribution in [3.63, 3.8) is 0 Å². The third-order valence-corrected chi connectivity index (χ3v) is 0.859. The minimum Gasteiger partial charge on any atom is -0.504 e. The highest BCUT2D eigenvalue weighted by Crippen LogP contribution is 2.06. The van der Waals surface area contributed by atoms with E-state index in [1.54, 1.807) is 13.4 Å². The lowest BCUT2D eigenvalue weighted by Gasteiger charge is -2.15. The molecule has 0 aliphatic carbocycles. The molecule has 0 atom stereocenters. The van der Waals surface area contributed by atoms with Gasteiger partial charge in [0.2, 0.25) is 0 Å². The highest BCUT2D eigenvalue weighted by molar-refractivity contribution is 5.04. The second kappa shape index (κ2) is 1.98. The summed E-state index contributed by atoms with van der Waals surface area (Å²) in [7, 11) is 1.64. The largest absolute Gasteiger partial charge is 0.504 e. The summed E-state index contributed by atoms with van der Waals surface area (Å²) in [5.74, 6) is 0. The lowest BCUT2D eigenvalue weighted by molar-refractivity contribution is 0.0959. The van der Waals surface area contributed by atoms with Gasteiger partial charge in [0, 0.05) is 5.57 Å². The van der Waals surface area contributed by atoms with Crippen molar-refractivity contribution in [1.29, 1.82) is 0 Å². The van der Waals surface area contributed by atoms with Crippen LogP contribution in [0.1, 0.15) is 0 Å². The molecule has 0 amide bonds. The van der Waals surface area contributed by atoms with Crippen LogP contribution in [0.25, 0.3) is 0 Å². The standard InChI is InChI=1S/C5H8O2/c1-6-2-5-3-7-4-5/h2H,3-4H2,1H3. The molecule has 0 aromatic rings. The normalized spacial score (nSPS) is 18.1. The van der Waals surface area contributed by atoms with Gasteiger partial charge in [0.1, 0.15) is 0 Å². The van der Waals surface area contributed by atoms with Gasteiger partial charge in [-0.25, -0.2) is 0 Å². The molecule has 1 aliphatic rings. The summed E-state index contributed by atoms with van der Waals surface area (Å²) in [5, 5.41) is 0. The quantitative estimate of drug-likeness (QED) is 0.448. The fourth-order valence-corrected chi connectivity index (χ4v) is 0.455. The van der Waals surface area contributed by atoms with Crippen LogP contribution < -0.4 is 0 Å². The van der Waals surface area contributed by atoms with E-state index in [-0.39, 0.29) is 0 Å². The number of rotatable bonds is 1.